The van der Waals surface area contributed by atoms with Crippen LogP contribution in [0.4, 0.5) is 0 Å². The molecule has 0 saturated carbocycles. The maximum atomic E-state index is 6.98. The molecule has 2 nitrogen and oxygen atoms in total. The predicted octanol–water partition coefficient (Wildman–Crippen LogP) is 9.29. The minimum absolute atomic E-state index is 0.154. The van der Waals surface area contributed by atoms with Gasteiger partial charge in [-0.2, -0.15) is 0 Å². The van der Waals surface area contributed by atoms with Crippen LogP contribution in [0.15, 0.2) is 48.0 Å². The van der Waals surface area contributed by atoms with Crippen molar-refractivity contribution in [1.29, 1.82) is 0 Å². The first kappa shape index (κ1) is 23.5. The van der Waals surface area contributed by atoms with E-state index in [-0.39, 0.29) is 10.8 Å². The van der Waals surface area contributed by atoms with Crippen molar-refractivity contribution in [3.63, 3.8) is 0 Å². The van der Waals surface area contributed by atoms with Gasteiger partial charge in [-0.15, -0.1) is 11.3 Å². The Morgan fingerprint density at radius 3 is 2.33 bits per heavy atom. The van der Waals surface area contributed by atoms with Crippen LogP contribution in [0.2, 0.25) is 0 Å². The highest BCUT2D eigenvalue weighted by molar-refractivity contribution is 7.17. The summed E-state index contributed by atoms with van der Waals surface area (Å²) >= 11 is 1.85. The Hall–Kier alpha value is -2.91. The molecule has 0 atom stereocenters. The molecule has 0 spiro atoms. The zero-order valence-corrected chi connectivity index (χ0v) is 23.6. The molecular formula is C33H36NOS+. The number of ether oxygens (including phenoxy) is 1. The van der Waals surface area contributed by atoms with Crippen LogP contribution in [0.5, 0.6) is 11.5 Å². The number of fused-ring (bicyclic) bond motifs is 5. The van der Waals surface area contributed by atoms with Gasteiger partial charge in [-0.3, -0.25) is 0 Å². The lowest BCUT2D eigenvalue weighted by atomic mass is 9.83. The molecule has 0 bridgehead atoms. The second-order valence-electron chi connectivity index (χ2n) is 13.0. The molecule has 36 heavy (non-hydrogen) atoms. The minimum atomic E-state index is 0.154. The average Bonchev–Trinajstić information content (AvgIpc) is 3.26. The number of aryl methyl sites for hydroxylation is 2. The first-order chi connectivity index (χ1) is 16.9. The van der Waals surface area contributed by atoms with E-state index >= 15 is 0 Å². The predicted molar refractivity (Wildman–Crippen MR) is 155 cm³/mol. The number of hydrogen-bond donors (Lipinski definition) is 0. The number of pyridine rings is 1. The van der Waals surface area contributed by atoms with Crippen molar-refractivity contribution in [1.82, 2.24) is 0 Å². The van der Waals surface area contributed by atoms with E-state index in [2.05, 4.69) is 108 Å². The van der Waals surface area contributed by atoms with E-state index in [0.717, 1.165) is 24.3 Å². The van der Waals surface area contributed by atoms with Crippen LogP contribution in [0.25, 0.3) is 42.9 Å². The fourth-order valence-corrected chi connectivity index (χ4v) is 6.96. The number of thiophene rings is 1. The summed E-state index contributed by atoms with van der Waals surface area (Å²) in [5.41, 5.74) is 6.97. The molecule has 0 fully saturated rings. The fraction of sp³-hybridized carbons (Fsp3) is 0.364. The number of nitrogens with zero attached hydrogens (tertiary/aromatic N) is 1. The molecule has 3 aromatic carbocycles. The molecule has 0 N–H and O–H groups in total. The highest BCUT2D eigenvalue weighted by Crippen LogP contribution is 2.53. The van der Waals surface area contributed by atoms with Gasteiger partial charge in [0.2, 0.25) is 5.69 Å². The third-order valence-electron chi connectivity index (χ3n) is 7.36. The fourth-order valence-electron chi connectivity index (χ4n) is 6.02. The van der Waals surface area contributed by atoms with Crippen molar-refractivity contribution in [3.8, 4) is 22.8 Å². The third kappa shape index (κ3) is 3.71. The zero-order valence-electron chi connectivity index (χ0n) is 22.8. The van der Waals surface area contributed by atoms with Crippen LogP contribution in [-0.4, -0.2) is 0 Å². The van der Waals surface area contributed by atoms with E-state index in [1.807, 2.05) is 11.3 Å². The topological polar surface area (TPSA) is 13.1 Å². The standard InChI is InChI=1S/C33H36NOS/c1-19-27-29-28-23(11-13-34(29)8)22-10-9-20(17-32(2,3)4)15-21(22)16-26(28)35-30(27)25(18-33(5,6)7)24-12-14-36-31(19)24/h9-16H,17-18H2,1-8H3/q+1. The van der Waals surface area contributed by atoms with Crippen molar-refractivity contribution in [3.05, 3.63) is 64.7 Å². The van der Waals surface area contributed by atoms with Crippen LogP contribution in [-0.2, 0) is 19.9 Å². The molecule has 5 aromatic rings. The van der Waals surface area contributed by atoms with E-state index in [1.165, 1.54) is 59.6 Å². The Kier molecular flexibility index (Phi) is 5.08. The Bertz CT molecular complexity index is 1690. The van der Waals surface area contributed by atoms with Gasteiger partial charge in [-0.25, -0.2) is 4.57 Å². The van der Waals surface area contributed by atoms with Gasteiger partial charge in [-0.1, -0.05) is 59.7 Å². The van der Waals surface area contributed by atoms with Gasteiger partial charge >= 0.3 is 0 Å². The van der Waals surface area contributed by atoms with Crippen LogP contribution < -0.4 is 9.30 Å². The molecule has 0 aliphatic carbocycles. The first-order valence-corrected chi connectivity index (χ1v) is 13.9. The van der Waals surface area contributed by atoms with Gasteiger partial charge < -0.3 is 4.74 Å². The van der Waals surface area contributed by atoms with Gasteiger partial charge in [0.15, 0.2) is 6.20 Å². The second kappa shape index (κ2) is 7.79. The van der Waals surface area contributed by atoms with Crippen LogP contribution in [0.1, 0.15) is 58.2 Å². The summed E-state index contributed by atoms with van der Waals surface area (Å²) < 4.78 is 10.7. The van der Waals surface area contributed by atoms with E-state index in [1.54, 1.807) is 0 Å². The van der Waals surface area contributed by atoms with Crippen molar-refractivity contribution in [2.75, 3.05) is 0 Å². The third-order valence-corrected chi connectivity index (χ3v) is 8.39. The lowest BCUT2D eigenvalue weighted by molar-refractivity contribution is -0.659. The molecule has 0 saturated heterocycles. The van der Waals surface area contributed by atoms with E-state index < -0.39 is 0 Å². The monoisotopic (exact) mass is 494 g/mol. The summed E-state index contributed by atoms with van der Waals surface area (Å²) in [6.07, 6.45) is 4.25. The van der Waals surface area contributed by atoms with Crippen LogP contribution >= 0.6 is 11.3 Å². The molecule has 184 valence electrons. The minimum Gasteiger partial charge on any atom is -0.455 e. The Morgan fingerprint density at radius 1 is 0.861 bits per heavy atom. The van der Waals surface area contributed by atoms with E-state index in [0.29, 0.717) is 0 Å². The maximum absolute atomic E-state index is 6.98. The molecule has 1 aliphatic heterocycles. The lowest BCUT2D eigenvalue weighted by Gasteiger charge is -2.27. The molecule has 6 rings (SSSR count). The van der Waals surface area contributed by atoms with E-state index in [9.17, 15) is 0 Å². The maximum Gasteiger partial charge on any atom is 0.228 e. The lowest BCUT2D eigenvalue weighted by Crippen LogP contribution is -2.32. The second-order valence-corrected chi connectivity index (χ2v) is 14.0. The number of aromatic nitrogens is 1. The molecule has 0 radical (unpaired) electrons. The molecule has 0 amide bonds. The van der Waals surface area contributed by atoms with Crippen molar-refractivity contribution >= 4 is 43.0 Å². The van der Waals surface area contributed by atoms with Crippen LogP contribution in [0, 0.1) is 17.8 Å². The Balaban J connectivity index is 1.70. The molecule has 2 aromatic heterocycles. The molecule has 3 heteroatoms. The van der Waals surface area contributed by atoms with Crippen molar-refractivity contribution in [2.24, 2.45) is 17.9 Å². The normalized spacial score (nSPS) is 13.4. The quantitative estimate of drug-likeness (QED) is 0.173. The SMILES string of the molecule is Cc1c2c(c(CC(C)(C)C)c3ccsc13)Oc1cc3cc(CC(C)(C)C)ccc3c3cc[n+](C)c-2c13. The molecule has 1 aliphatic rings. The van der Waals surface area contributed by atoms with Crippen molar-refractivity contribution < 1.29 is 9.30 Å². The molecule has 0 unspecified atom stereocenters. The van der Waals surface area contributed by atoms with Gasteiger partial charge in [0, 0.05) is 21.7 Å². The zero-order chi connectivity index (χ0) is 25.6. The van der Waals surface area contributed by atoms with E-state index in [4.69, 9.17) is 4.74 Å². The van der Waals surface area contributed by atoms with Crippen molar-refractivity contribution in [2.45, 2.75) is 61.3 Å². The van der Waals surface area contributed by atoms with Gasteiger partial charge in [-0.05, 0) is 75.4 Å². The highest BCUT2D eigenvalue weighted by Gasteiger charge is 2.34. The first-order valence-electron chi connectivity index (χ1n) is 13.0. The summed E-state index contributed by atoms with van der Waals surface area (Å²) in [7, 11) is 2.17. The smallest absolute Gasteiger partial charge is 0.228 e. The number of hydrogen-bond acceptors (Lipinski definition) is 2. The average molecular weight is 495 g/mol. The summed E-state index contributed by atoms with van der Waals surface area (Å²) in [5, 5.41) is 8.63. The number of benzene rings is 3. The summed E-state index contributed by atoms with van der Waals surface area (Å²) in [4.78, 5) is 0. The van der Waals surface area contributed by atoms with Gasteiger partial charge in [0.1, 0.15) is 18.5 Å². The number of rotatable bonds is 2. The van der Waals surface area contributed by atoms with Gasteiger partial charge in [0.25, 0.3) is 0 Å². The van der Waals surface area contributed by atoms with Gasteiger partial charge in [0.05, 0.1) is 10.9 Å². The Morgan fingerprint density at radius 2 is 1.61 bits per heavy atom. The summed E-state index contributed by atoms with van der Waals surface area (Å²) in [6, 6.07) is 13.8. The van der Waals surface area contributed by atoms with Crippen LogP contribution in [0.3, 0.4) is 0 Å². The largest absolute Gasteiger partial charge is 0.455 e. The molecule has 3 heterocycles. The highest BCUT2D eigenvalue weighted by atomic mass is 32.1. The Labute approximate surface area is 218 Å². The summed E-state index contributed by atoms with van der Waals surface area (Å²) in [5.74, 6) is 2.03. The summed E-state index contributed by atoms with van der Waals surface area (Å²) in [6.45, 7) is 16.1. The molecular weight excluding hydrogens is 458 g/mol.